The zero-order chi connectivity index (χ0) is 14.4. The second-order valence-electron chi connectivity index (χ2n) is 4.18. The van der Waals surface area contributed by atoms with Gasteiger partial charge in [0.15, 0.2) is 0 Å². The number of nitrogens with one attached hydrogen (secondary N) is 1. The summed E-state index contributed by atoms with van der Waals surface area (Å²) in [5, 5.41) is 12.4. The summed E-state index contributed by atoms with van der Waals surface area (Å²) in [7, 11) is 0. The fourth-order valence-electron chi connectivity index (χ4n) is 1.79. The third kappa shape index (κ3) is 3.55. The van der Waals surface area contributed by atoms with Gasteiger partial charge in [0.2, 0.25) is 0 Å². The number of amides is 2. The normalized spacial score (nSPS) is 10.3. The number of likely N-dealkylation sites (N-methyl/N-ethyl adjacent to an activating group) is 1. The Morgan fingerprint density at radius 2 is 2.15 bits per heavy atom. The van der Waals surface area contributed by atoms with Crippen molar-refractivity contribution in [2.45, 2.75) is 6.92 Å². The lowest BCUT2D eigenvalue weighted by Crippen LogP contribution is -2.36. The van der Waals surface area contributed by atoms with Crippen LogP contribution in [0, 0.1) is 0 Å². The van der Waals surface area contributed by atoms with E-state index in [4.69, 9.17) is 5.11 Å². The van der Waals surface area contributed by atoms with E-state index in [0.717, 1.165) is 11.3 Å². The first-order valence-corrected chi connectivity index (χ1v) is 7.21. The maximum atomic E-state index is 12.0. The van der Waals surface area contributed by atoms with Crippen molar-refractivity contribution in [3.8, 4) is 11.3 Å². The lowest BCUT2D eigenvalue weighted by molar-refractivity contribution is 0.192. The van der Waals surface area contributed by atoms with E-state index in [1.807, 2.05) is 43.3 Å². The molecule has 0 radical (unpaired) electrons. The quantitative estimate of drug-likeness (QED) is 0.890. The van der Waals surface area contributed by atoms with Crippen LogP contribution < -0.4 is 5.32 Å². The molecule has 2 N–H and O–H groups in total. The molecule has 1 aromatic carbocycles. The summed E-state index contributed by atoms with van der Waals surface area (Å²) in [6.45, 7) is 2.71. The maximum Gasteiger partial charge on any atom is 0.322 e. The van der Waals surface area contributed by atoms with Gasteiger partial charge in [-0.2, -0.15) is 4.37 Å². The van der Waals surface area contributed by atoms with Crippen molar-refractivity contribution >= 4 is 22.6 Å². The molecule has 0 fully saturated rings. The first-order chi connectivity index (χ1) is 9.74. The molecule has 0 aliphatic heterocycles. The molecule has 20 heavy (non-hydrogen) atoms. The first-order valence-electron chi connectivity index (χ1n) is 6.43. The van der Waals surface area contributed by atoms with Crippen LogP contribution in [0.25, 0.3) is 11.3 Å². The number of rotatable bonds is 5. The molecule has 6 heteroatoms. The fraction of sp³-hybridized carbons (Fsp3) is 0.286. The highest BCUT2D eigenvalue weighted by atomic mass is 32.1. The lowest BCUT2D eigenvalue weighted by atomic mass is 10.2. The third-order valence-corrected chi connectivity index (χ3v) is 3.55. The van der Waals surface area contributed by atoms with Crippen molar-refractivity contribution in [3.63, 3.8) is 0 Å². The molecule has 0 spiro atoms. The number of aromatic nitrogens is 1. The molecule has 2 amide bonds. The van der Waals surface area contributed by atoms with Crippen molar-refractivity contribution in [2.75, 3.05) is 25.0 Å². The number of hydrogen-bond donors (Lipinski definition) is 2. The molecule has 1 heterocycles. The molecule has 0 bridgehead atoms. The van der Waals surface area contributed by atoms with E-state index in [1.165, 1.54) is 11.5 Å². The largest absolute Gasteiger partial charge is 0.395 e. The van der Waals surface area contributed by atoms with Crippen LogP contribution in [-0.2, 0) is 0 Å². The molecular formula is C14H17N3O2S. The van der Waals surface area contributed by atoms with E-state index in [-0.39, 0.29) is 12.6 Å². The molecule has 1 aromatic heterocycles. The van der Waals surface area contributed by atoms with Gasteiger partial charge in [0, 0.05) is 24.7 Å². The number of aliphatic hydroxyl groups is 1. The minimum Gasteiger partial charge on any atom is -0.395 e. The van der Waals surface area contributed by atoms with Gasteiger partial charge in [-0.3, -0.25) is 5.32 Å². The topological polar surface area (TPSA) is 65.5 Å². The zero-order valence-electron chi connectivity index (χ0n) is 11.2. The monoisotopic (exact) mass is 291 g/mol. The van der Waals surface area contributed by atoms with Crippen LogP contribution in [0.1, 0.15) is 6.92 Å². The van der Waals surface area contributed by atoms with Gasteiger partial charge in [0.25, 0.3) is 0 Å². The average molecular weight is 291 g/mol. The first kappa shape index (κ1) is 14.5. The number of anilines is 1. The molecule has 0 saturated carbocycles. The number of aliphatic hydroxyl groups excluding tert-OH is 1. The Morgan fingerprint density at radius 3 is 2.80 bits per heavy atom. The number of urea groups is 1. The van der Waals surface area contributed by atoms with Gasteiger partial charge in [0.05, 0.1) is 12.3 Å². The molecule has 0 aliphatic rings. The summed E-state index contributed by atoms with van der Waals surface area (Å²) in [5.74, 6) is 0. The van der Waals surface area contributed by atoms with Crippen LogP contribution in [-0.4, -0.2) is 40.1 Å². The highest BCUT2D eigenvalue weighted by molar-refractivity contribution is 7.10. The SMILES string of the molecule is CCN(CCO)C(=O)Nc1cc(-c2ccccc2)ns1. The summed E-state index contributed by atoms with van der Waals surface area (Å²) in [4.78, 5) is 13.5. The Kier molecular flexibility index (Phi) is 5.09. The van der Waals surface area contributed by atoms with Crippen molar-refractivity contribution < 1.29 is 9.90 Å². The number of hydrogen-bond acceptors (Lipinski definition) is 4. The molecular weight excluding hydrogens is 274 g/mol. The predicted octanol–water partition coefficient (Wildman–Crippen LogP) is 2.66. The summed E-state index contributed by atoms with van der Waals surface area (Å²) < 4.78 is 4.33. The number of nitrogens with zero attached hydrogens (tertiary/aromatic N) is 2. The van der Waals surface area contributed by atoms with Crippen LogP contribution >= 0.6 is 11.5 Å². The minimum atomic E-state index is -0.218. The Bertz CT molecular complexity index is 557. The second kappa shape index (κ2) is 7.02. The van der Waals surface area contributed by atoms with Gasteiger partial charge in [-0.25, -0.2) is 4.79 Å². The van der Waals surface area contributed by atoms with Crippen molar-refractivity contribution in [3.05, 3.63) is 36.4 Å². The zero-order valence-corrected chi connectivity index (χ0v) is 12.1. The molecule has 2 aromatic rings. The molecule has 0 unspecified atom stereocenters. The van der Waals surface area contributed by atoms with E-state index in [9.17, 15) is 4.79 Å². The van der Waals surface area contributed by atoms with E-state index >= 15 is 0 Å². The Morgan fingerprint density at radius 1 is 1.40 bits per heavy atom. The average Bonchev–Trinajstić information content (AvgIpc) is 2.94. The molecule has 0 saturated heterocycles. The summed E-state index contributed by atoms with van der Waals surface area (Å²) in [5.41, 5.74) is 1.86. The lowest BCUT2D eigenvalue weighted by Gasteiger charge is -2.19. The third-order valence-electron chi connectivity index (χ3n) is 2.85. The molecule has 0 atom stereocenters. The van der Waals surface area contributed by atoms with Crippen molar-refractivity contribution in [1.29, 1.82) is 0 Å². The minimum absolute atomic E-state index is 0.0424. The fourth-order valence-corrected chi connectivity index (χ4v) is 2.44. The Labute approximate surface area is 122 Å². The van der Waals surface area contributed by atoms with Gasteiger partial charge >= 0.3 is 6.03 Å². The molecule has 106 valence electrons. The van der Waals surface area contributed by atoms with Gasteiger partial charge in [-0.1, -0.05) is 30.3 Å². The van der Waals surface area contributed by atoms with Crippen molar-refractivity contribution in [1.82, 2.24) is 9.27 Å². The highest BCUT2D eigenvalue weighted by Gasteiger charge is 2.13. The maximum absolute atomic E-state index is 12.0. The number of carbonyl (C=O) groups excluding carboxylic acids is 1. The number of benzene rings is 1. The second-order valence-corrected chi connectivity index (χ2v) is 4.98. The molecule has 2 rings (SSSR count). The smallest absolute Gasteiger partial charge is 0.322 e. The molecule has 5 nitrogen and oxygen atoms in total. The standard InChI is InChI=1S/C14H17N3O2S/c1-2-17(8-9-18)14(19)15-13-10-12(16-20-13)11-6-4-3-5-7-11/h3-7,10,18H,2,8-9H2,1H3,(H,15,19). The highest BCUT2D eigenvalue weighted by Crippen LogP contribution is 2.25. The van der Waals surface area contributed by atoms with Gasteiger partial charge < -0.3 is 10.0 Å². The van der Waals surface area contributed by atoms with Gasteiger partial charge in [-0.05, 0) is 18.5 Å². The number of carbonyl (C=O) groups is 1. The predicted molar refractivity (Wildman–Crippen MR) is 80.9 cm³/mol. The van der Waals surface area contributed by atoms with Crippen molar-refractivity contribution in [2.24, 2.45) is 0 Å². The van der Waals surface area contributed by atoms with Crippen LogP contribution in [0.4, 0.5) is 9.80 Å². The van der Waals surface area contributed by atoms with Crippen LogP contribution in [0.15, 0.2) is 36.4 Å². The van der Waals surface area contributed by atoms with Gasteiger partial charge in [0.1, 0.15) is 5.00 Å². The summed E-state index contributed by atoms with van der Waals surface area (Å²) >= 11 is 1.25. The molecule has 0 aliphatic carbocycles. The van der Waals surface area contributed by atoms with Crippen LogP contribution in [0.2, 0.25) is 0 Å². The summed E-state index contributed by atoms with van der Waals surface area (Å²) in [6.07, 6.45) is 0. The van der Waals surface area contributed by atoms with E-state index in [1.54, 1.807) is 4.90 Å². The Hall–Kier alpha value is -1.92. The van der Waals surface area contributed by atoms with Gasteiger partial charge in [-0.15, -0.1) is 0 Å². The van der Waals surface area contributed by atoms with E-state index in [2.05, 4.69) is 9.69 Å². The summed E-state index contributed by atoms with van der Waals surface area (Å²) in [6, 6.07) is 11.4. The van der Waals surface area contributed by atoms with Crippen LogP contribution in [0.3, 0.4) is 0 Å². The van der Waals surface area contributed by atoms with Crippen LogP contribution in [0.5, 0.6) is 0 Å². The van der Waals surface area contributed by atoms with E-state index in [0.29, 0.717) is 18.1 Å². The van der Waals surface area contributed by atoms with E-state index < -0.39 is 0 Å². The Balaban J connectivity index is 2.04.